The Morgan fingerprint density at radius 2 is 2.05 bits per heavy atom. The van der Waals surface area contributed by atoms with Crippen LogP contribution in [0.1, 0.15) is 58.0 Å². The topological polar surface area (TPSA) is 43.8 Å². The highest BCUT2D eigenvalue weighted by molar-refractivity contribution is 5.77. The summed E-state index contributed by atoms with van der Waals surface area (Å²) in [5.74, 6) is 1.00. The first-order valence-corrected chi connectivity index (χ1v) is 7.14. The first-order chi connectivity index (χ1) is 8.86. The third-order valence-corrected chi connectivity index (χ3v) is 3.64. The van der Waals surface area contributed by atoms with Crippen molar-refractivity contribution in [2.24, 2.45) is 5.73 Å². The lowest BCUT2D eigenvalue weighted by Crippen LogP contribution is -2.36. The van der Waals surface area contributed by atoms with Crippen LogP contribution >= 0.6 is 0 Å². The molecular weight excluding hydrogens is 234 g/mol. The van der Waals surface area contributed by atoms with Crippen LogP contribution in [0.3, 0.4) is 0 Å². The highest BCUT2D eigenvalue weighted by Crippen LogP contribution is 2.30. The van der Waals surface area contributed by atoms with E-state index in [1.807, 2.05) is 0 Å². The number of fused-ring (bicyclic) bond motifs is 1. The maximum Gasteiger partial charge on any atom is 0.130 e. The van der Waals surface area contributed by atoms with Crippen LogP contribution in [0.2, 0.25) is 0 Å². The van der Waals surface area contributed by atoms with Gasteiger partial charge in [0.05, 0.1) is 16.6 Å². The van der Waals surface area contributed by atoms with E-state index in [1.165, 1.54) is 11.1 Å². The van der Waals surface area contributed by atoms with E-state index in [4.69, 9.17) is 10.7 Å². The van der Waals surface area contributed by atoms with Gasteiger partial charge in [0, 0.05) is 6.04 Å². The number of rotatable bonds is 4. The number of hydrogen-bond donors (Lipinski definition) is 1. The third kappa shape index (κ3) is 2.52. The van der Waals surface area contributed by atoms with E-state index in [9.17, 15) is 0 Å². The standard InChI is InChI=1S/C16H25N3/c1-6-9-16(5,17)15-18-13-10-12(4)7-8-14(13)19(15)11(2)3/h7-8,10-11H,6,9,17H2,1-5H3. The summed E-state index contributed by atoms with van der Waals surface area (Å²) in [7, 11) is 0. The van der Waals surface area contributed by atoms with Crippen LogP contribution in [0.15, 0.2) is 18.2 Å². The summed E-state index contributed by atoms with van der Waals surface area (Å²) in [5, 5.41) is 0. The van der Waals surface area contributed by atoms with E-state index >= 15 is 0 Å². The van der Waals surface area contributed by atoms with Crippen molar-refractivity contribution in [1.82, 2.24) is 9.55 Å². The lowest BCUT2D eigenvalue weighted by Gasteiger charge is -2.26. The molecule has 0 spiro atoms. The fourth-order valence-corrected chi connectivity index (χ4v) is 2.77. The van der Waals surface area contributed by atoms with Crippen LogP contribution in [0, 0.1) is 6.92 Å². The molecule has 0 aliphatic rings. The maximum atomic E-state index is 6.51. The van der Waals surface area contributed by atoms with Crippen molar-refractivity contribution < 1.29 is 0 Å². The molecular formula is C16H25N3. The Labute approximate surface area is 115 Å². The molecule has 0 saturated heterocycles. The van der Waals surface area contributed by atoms with Gasteiger partial charge in [-0.15, -0.1) is 0 Å². The van der Waals surface area contributed by atoms with Gasteiger partial charge in [-0.2, -0.15) is 0 Å². The summed E-state index contributed by atoms with van der Waals surface area (Å²) in [4.78, 5) is 4.82. The van der Waals surface area contributed by atoms with Gasteiger partial charge in [-0.25, -0.2) is 4.98 Å². The number of nitrogens with zero attached hydrogens (tertiary/aromatic N) is 2. The molecule has 2 N–H and O–H groups in total. The fourth-order valence-electron chi connectivity index (χ4n) is 2.77. The first-order valence-electron chi connectivity index (χ1n) is 7.14. The molecule has 0 radical (unpaired) electrons. The zero-order chi connectivity index (χ0) is 14.2. The second kappa shape index (κ2) is 4.97. The van der Waals surface area contributed by atoms with E-state index in [-0.39, 0.29) is 5.54 Å². The molecule has 2 aromatic rings. The van der Waals surface area contributed by atoms with Gasteiger partial charge < -0.3 is 10.3 Å². The molecule has 1 unspecified atom stereocenters. The van der Waals surface area contributed by atoms with Gasteiger partial charge in [0.1, 0.15) is 5.82 Å². The van der Waals surface area contributed by atoms with Crippen LogP contribution in [0.4, 0.5) is 0 Å². The van der Waals surface area contributed by atoms with E-state index < -0.39 is 0 Å². The molecule has 3 nitrogen and oxygen atoms in total. The zero-order valence-electron chi connectivity index (χ0n) is 12.7. The van der Waals surface area contributed by atoms with Crippen molar-refractivity contribution >= 4 is 11.0 Å². The lowest BCUT2D eigenvalue weighted by molar-refractivity contribution is 0.390. The molecule has 1 aromatic carbocycles. The Morgan fingerprint density at radius 3 is 2.63 bits per heavy atom. The Bertz CT molecular complexity index is 579. The number of nitrogens with two attached hydrogens (primary N) is 1. The van der Waals surface area contributed by atoms with Crippen molar-refractivity contribution in [2.75, 3.05) is 0 Å². The molecule has 2 rings (SSSR count). The average molecular weight is 259 g/mol. The van der Waals surface area contributed by atoms with Crippen LogP contribution in [0.5, 0.6) is 0 Å². The summed E-state index contributed by atoms with van der Waals surface area (Å²) in [6, 6.07) is 6.80. The van der Waals surface area contributed by atoms with Gasteiger partial charge in [0.15, 0.2) is 0 Å². The van der Waals surface area contributed by atoms with Gasteiger partial charge in [0.25, 0.3) is 0 Å². The molecule has 0 aliphatic heterocycles. The highest BCUT2D eigenvalue weighted by Gasteiger charge is 2.28. The van der Waals surface area contributed by atoms with Gasteiger partial charge in [-0.3, -0.25) is 0 Å². The molecule has 0 bridgehead atoms. The second-order valence-corrected chi connectivity index (χ2v) is 6.06. The minimum atomic E-state index is -0.369. The molecule has 104 valence electrons. The average Bonchev–Trinajstić information content (AvgIpc) is 2.67. The molecule has 1 heterocycles. The maximum absolute atomic E-state index is 6.51. The first kappa shape index (κ1) is 14.1. The monoisotopic (exact) mass is 259 g/mol. The second-order valence-electron chi connectivity index (χ2n) is 6.06. The number of imidazole rings is 1. The molecule has 3 heteroatoms. The number of aromatic nitrogens is 2. The van der Waals surface area contributed by atoms with Crippen LogP contribution in [0.25, 0.3) is 11.0 Å². The molecule has 19 heavy (non-hydrogen) atoms. The number of aryl methyl sites for hydroxylation is 1. The van der Waals surface area contributed by atoms with Gasteiger partial charge in [0.2, 0.25) is 0 Å². The Morgan fingerprint density at radius 1 is 1.37 bits per heavy atom. The van der Waals surface area contributed by atoms with Crippen LogP contribution in [-0.2, 0) is 5.54 Å². The fraction of sp³-hybridized carbons (Fsp3) is 0.562. The Kier molecular flexibility index (Phi) is 3.68. The molecule has 0 aliphatic carbocycles. The van der Waals surface area contributed by atoms with Crippen LogP contribution in [-0.4, -0.2) is 9.55 Å². The molecule has 0 amide bonds. The Balaban J connectivity index is 2.69. The summed E-state index contributed by atoms with van der Waals surface area (Å²) in [5.41, 5.74) is 9.61. The molecule has 0 fully saturated rings. The summed E-state index contributed by atoms with van der Waals surface area (Å²) < 4.78 is 2.28. The normalized spacial score (nSPS) is 15.1. The van der Waals surface area contributed by atoms with Gasteiger partial charge >= 0.3 is 0 Å². The minimum absolute atomic E-state index is 0.363. The smallest absolute Gasteiger partial charge is 0.130 e. The zero-order valence-corrected chi connectivity index (χ0v) is 12.7. The van der Waals surface area contributed by atoms with Crippen LogP contribution < -0.4 is 5.73 Å². The van der Waals surface area contributed by atoms with Crippen molar-refractivity contribution in [3.63, 3.8) is 0 Å². The van der Waals surface area contributed by atoms with Gasteiger partial charge in [-0.1, -0.05) is 19.4 Å². The Hall–Kier alpha value is -1.35. The van der Waals surface area contributed by atoms with E-state index in [1.54, 1.807) is 0 Å². The number of hydrogen-bond acceptors (Lipinski definition) is 2. The summed E-state index contributed by atoms with van der Waals surface area (Å²) >= 11 is 0. The van der Waals surface area contributed by atoms with Crippen molar-refractivity contribution in [2.45, 2.75) is 59.0 Å². The predicted molar refractivity (Wildman–Crippen MR) is 81.3 cm³/mol. The lowest BCUT2D eigenvalue weighted by atomic mass is 9.96. The SMILES string of the molecule is CCCC(C)(N)c1nc2cc(C)ccc2n1C(C)C. The van der Waals surface area contributed by atoms with E-state index in [2.05, 4.69) is 57.4 Å². The highest BCUT2D eigenvalue weighted by atomic mass is 15.1. The summed E-state index contributed by atoms with van der Waals surface area (Å²) in [6.07, 6.45) is 2.01. The van der Waals surface area contributed by atoms with E-state index in [0.717, 1.165) is 24.2 Å². The molecule has 1 aromatic heterocycles. The van der Waals surface area contributed by atoms with E-state index in [0.29, 0.717) is 6.04 Å². The quantitative estimate of drug-likeness (QED) is 0.905. The molecule has 0 saturated carbocycles. The molecule has 1 atom stereocenters. The minimum Gasteiger partial charge on any atom is -0.324 e. The predicted octanol–water partition coefficient (Wildman–Crippen LogP) is 3.90. The number of benzene rings is 1. The van der Waals surface area contributed by atoms with Crippen molar-refractivity contribution in [3.05, 3.63) is 29.6 Å². The largest absolute Gasteiger partial charge is 0.324 e. The van der Waals surface area contributed by atoms with Crippen molar-refractivity contribution in [1.29, 1.82) is 0 Å². The third-order valence-electron chi connectivity index (χ3n) is 3.64. The summed E-state index contributed by atoms with van der Waals surface area (Å²) in [6.45, 7) is 10.7. The van der Waals surface area contributed by atoms with Crippen molar-refractivity contribution in [3.8, 4) is 0 Å². The van der Waals surface area contributed by atoms with Gasteiger partial charge in [-0.05, 0) is 51.8 Å².